The second-order valence-corrected chi connectivity index (χ2v) is 4.78. The van der Waals surface area contributed by atoms with Gasteiger partial charge in [0.05, 0.1) is 6.21 Å². The molecule has 1 aromatic carbocycles. The number of anilines is 1. The molecule has 0 bridgehead atoms. The summed E-state index contributed by atoms with van der Waals surface area (Å²) >= 11 is 5.10. The molecule has 20 heavy (non-hydrogen) atoms. The normalized spacial score (nSPS) is 11.2. The van der Waals surface area contributed by atoms with Crippen LogP contribution in [0.5, 0.6) is 0 Å². The second kappa shape index (κ2) is 6.47. The van der Waals surface area contributed by atoms with Gasteiger partial charge in [0, 0.05) is 18.8 Å². The van der Waals surface area contributed by atoms with Crippen LogP contribution in [0.25, 0.3) is 0 Å². The summed E-state index contributed by atoms with van der Waals surface area (Å²) in [7, 11) is 0. The lowest BCUT2D eigenvalue weighted by Crippen LogP contribution is -2.21. The van der Waals surface area contributed by atoms with Crippen LogP contribution in [0, 0.1) is 11.7 Å². The molecule has 2 rings (SSSR count). The number of nitrogens with one attached hydrogen (secondary N) is 1. The van der Waals surface area contributed by atoms with Crippen molar-refractivity contribution in [3.8, 4) is 0 Å². The zero-order valence-corrected chi connectivity index (χ0v) is 12.8. The number of H-pyrrole nitrogens is 1. The highest BCUT2D eigenvalue weighted by Crippen LogP contribution is 2.14. The van der Waals surface area contributed by atoms with Gasteiger partial charge in [-0.15, -0.1) is 0 Å². The molecular weight excluding hydrogens is 270 g/mol. The Bertz CT molecular complexity index is 634. The van der Waals surface area contributed by atoms with Crippen molar-refractivity contribution >= 4 is 24.1 Å². The summed E-state index contributed by atoms with van der Waals surface area (Å²) in [4.78, 5) is 2.30. The number of aromatic amines is 1. The molecule has 0 unspecified atom stereocenters. The standard InChI is InChI=1S/C14H19N5S/c1-4-18(5-2)13-8-6-12(7-9-13)10-15-19-11(3)16-17-14(19)20/h6-10H,4-5H2,1-3H3,(H,17,20). The average Bonchev–Trinajstić information content (AvgIpc) is 2.78. The van der Waals surface area contributed by atoms with E-state index in [1.54, 1.807) is 10.9 Å². The molecule has 1 aromatic heterocycles. The molecule has 1 heterocycles. The second-order valence-electron chi connectivity index (χ2n) is 4.40. The number of aryl methyl sites for hydroxylation is 1. The minimum atomic E-state index is 0.499. The molecule has 0 aliphatic carbocycles. The van der Waals surface area contributed by atoms with Gasteiger partial charge in [0.1, 0.15) is 5.82 Å². The van der Waals surface area contributed by atoms with Gasteiger partial charge >= 0.3 is 0 Å². The van der Waals surface area contributed by atoms with Crippen LogP contribution >= 0.6 is 12.2 Å². The smallest absolute Gasteiger partial charge is 0.216 e. The molecule has 0 saturated heterocycles. The van der Waals surface area contributed by atoms with Crippen LogP contribution in [0.3, 0.4) is 0 Å². The summed E-state index contributed by atoms with van der Waals surface area (Å²) in [5, 5.41) is 11.1. The van der Waals surface area contributed by atoms with Gasteiger partial charge in [0.2, 0.25) is 4.77 Å². The first-order valence-corrected chi connectivity index (χ1v) is 7.10. The van der Waals surface area contributed by atoms with E-state index in [9.17, 15) is 0 Å². The monoisotopic (exact) mass is 289 g/mol. The molecule has 0 aliphatic rings. The van der Waals surface area contributed by atoms with E-state index in [0.717, 1.165) is 24.5 Å². The summed E-state index contributed by atoms with van der Waals surface area (Å²) < 4.78 is 2.10. The van der Waals surface area contributed by atoms with E-state index in [0.29, 0.717) is 4.77 Å². The largest absolute Gasteiger partial charge is 0.372 e. The topological polar surface area (TPSA) is 49.2 Å². The lowest BCUT2D eigenvalue weighted by atomic mass is 10.2. The van der Waals surface area contributed by atoms with Crippen LogP contribution in [-0.4, -0.2) is 34.2 Å². The van der Waals surface area contributed by atoms with E-state index in [1.165, 1.54) is 5.69 Å². The van der Waals surface area contributed by atoms with Gasteiger partial charge in [-0.25, -0.2) is 0 Å². The number of rotatable bonds is 5. The molecule has 1 N–H and O–H groups in total. The van der Waals surface area contributed by atoms with Crippen molar-refractivity contribution < 1.29 is 0 Å². The van der Waals surface area contributed by atoms with Gasteiger partial charge in [-0.3, -0.25) is 5.10 Å². The Morgan fingerprint density at radius 3 is 2.45 bits per heavy atom. The SMILES string of the molecule is CCN(CC)c1ccc(C=Nn2c(C)n[nH]c2=S)cc1. The Hall–Kier alpha value is -1.95. The molecule has 0 atom stereocenters. The van der Waals surface area contributed by atoms with E-state index < -0.39 is 0 Å². The maximum Gasteiger partial charge on any atom is 0.216 e. The first-order valence-electron chi connectivity index (χ1n) is 6.69. The fourth-order valence-corrected chi connectivity index (χ4v) is 2.22. The van der Waals surface area contributed by atoms with Crippen molar-refractivity contribution in [2.75, 3.05) is 18.0 Å². The Morgan fingerprint density at radius 2 is 1.95 bits per heavy atom. The maximum atomic E-state index is 5.10. The molecule has 0 radical (unpaired) electrons. The van der Waals surface area contributed by atoms with E-state index >= 15 is 0 Å². The first-order chi connectivity index (χ1) is 9.65. The van der Waals surface area contributed by atoms with Crippen LogP contribution in [0.2, 0.25) is 0 Å². The number of aromatic nitrogens is 3. The van der Waals surface area contributed by atoms with Crippen molar-refractivity contribution in [3.05, 3.63) is 40.4 Å². The van der Waals surface area contributed by atoms with Gasteiger partial charge in [-0.05, 0) is 50.7 Å². The van der Waals surface area contributed by atoms with Crippen molar-refractivity contribution in [3.63, 3.8) is 0 Å². The van der Waals surface area contributed by atoms with Gasteiger partial charge in [0.15, 0.2) is 0 Å². The quantitative estimate of drug-likeness (QED) is 0.680. The molecule has 0 spiro atoms. The van der Waals surface area contributed by atoms with Gasteiger partial charge < -0.3 is 4.90 Å². The summed E-state index contributed by atoms with van der Waals surface area (Å²) in [5.41, 5.74) is 2.26. The molecule has 106 valence electrons. The lowest BCUT2D eigenvalue weighted by molar-refractivity contribution is 0.821. The Labute approximate surface area is 123 Å². The minimum Gasteiger partial charge on any atom is -0.372 e. The third kappa shape index (κ3) is 3.14. The van der Waals surface area contributed by atoms with Crippen LogP contribution < -0.4 is 4.90 Å². The number of nitrogens with zero attached hydrogens (tertiary/aromatic N) is 4. The summed E-state index contributed by atoms with van der Waals surface area (Å²) in [5.74, 6) is 0.742. The van der Waals surface area contributed by atoms with Crippen LogP contribution in [0.15, 0.2) is 29.4 Å². The Kier molecular flexibility index (Phi) is 4.68. The zero-order chi connectivity index (χ0) is 14.5. The van der Waals surface area contributed by atoms with Gasteiger partial charge in [-0.2, -0.15) is 14.9 Å². The maximum absolute atomic E-state index is 5.10. The fourth-order valence-electron chi connectivity index (χ4n) is 1.99. The summed E-state index contributed by atoms with van der Waals surface area (Å²) in [6, 6.07) is 8.32. The molecule has 0 amide bonds. The molecule has 0 fully saturated rings. The lowest BCUT2D eigenvalue weighted by Gasteiger charge is -2.20. The molecule has 5 nitrogen and oxygen atoms in total. The number of hydrogen-bond acceptors (Lipinski definition) is 4. The Balaban J connectivity index is 2.17. The van der Waals surface area contributed by atoms with Crippen LogP contribution in [0.4, 0.5) is 5.69 Å². The van der Waals surface area contributed by atoms with Crippen molar-refractivity contribution in [2.24, 2.45) is 5.10 Å². The number of hydrogen-bond donors (Lipinski definition) is 1. The third-order valence-corrected chi connectivity index (χ3v) is 3.42. The van der Waals surface area contributed by atoms with Crippen molar-refractivity contribution in [1.82, 2.24) is 14.9 Å². The fraction of sp³-hybridized carbons (Fsp3) is 0.357. The highest BCUT2D eigenvalue weighted by atomic mass is 32.1. The van der Waals surface area contributed by atoms with Crippen molar-refractivity contribution in [2.45, 2.75) is 20.8 Å². The predicted molar refractivity (Wildman–Crippen MR) is 85.1 cm³/mol. The zero-order valence-electron chi connectivity index (χ0n) is 12.0. The van der Waals surface area contributed by atoms with Crippen LogP contribution in [-0.2, 0) is 0 Å². The molecule has 0 saturated carbocycles. The summed E-state index contributed by atoms with van der Waals surface area (Å²) in [6.07, 6.45) is 1.78. The third-order valence-electron chi connectivity index (χ3n) is 3.16. The highest BCUT2D eigenvalue weighted by molar-refractivity contribution is 7.71. The van der Waals surface area contributed by atoms with Crippen LogP contribution in [0.1, 0.15) is 25.2 Å². The predicted octanol–water partition coefficient (Wildman–Crippen LogP) is 2.98. The summed E-state index contributed by atoms with van der Waals surface area (Å²) in [6.45, 7) is 8.18. The first kappa shape index (κ1) is 14.5. The Morgan fingerprint density at radius 1 is 1.30 bits per heavy atom. The molecule has 0 aliphatic heterocycles. The van der Waals surface area contributed by atoms with Gasteiger partial charge in [-0.1, -0.05) is 12.1 Å². The van der Waals surface area contributed by atoms with Crippen molar-refractivity contribution in [1.29, 1.82) is 0 Å². The molecular formula is C14H19N5S. The average molecular weight is 289 g/mol. The van der Waals surface area contributed by atoms with Gasteiger partial charge in [0.25, 0.3) is 0 Å². The van der Waals surface area contributed by atoms with E-state index in [-0.39, 0.29) is 0 Å². The number of benzene rings is 1. The molecule has 6 heteroatoms. The highest BCUT2D eigenvalue weighted by Gasteiger charge is 2.01. The van der Waals surface area contributed by atoms with E-state index in [2.05, 4.69) is 58.3 Å². The van der Waals surface area contributed by atoms with E-state index in [4.69, 9.17) is 12.2 Å². The minimum absolute atomic E-state index is 0.499. The molecule has 2 aromatic rings. The van der Waals surface area contributed by atoms with E-state index in [1.807, 2.05) is 6.92 Å².